The molecule has 2 aliphatic heterocycles. The molecule has 2 aromatic carbocycles. The second-order valence-corrected chi connectivity index (χ2v) is 7.97. The molecule has 0 aromatic heterocycles. The first-order chi connectivity index (χ1) is 15.1. The lowest BCUT2D eigenvalue weighted by Gasteiger charge is -2.38. The zero-order valence-electron chi connectivity index (χ0n) is 18.9. The van der Waals surface area contributed by atoms with Crippen LogP contribution in [-0.2, 0) is 32.5 Å². The van der Waals surface area contributed by atoms with Gasteiger partial charge in [0.05, 0.1) is 42.2 Å². The number of hydrogen-bond donors (Lipinski definition) is 1. The Balaban J connectivity index is 1.78. The topological polar surface area (TPSA) is 69.6 Å². The third-order valence-electron chi connectivity index (χ3n) is 6.60. The average Bonchev–Trinajstić information content (AvgIpc) is 2.98. The van der Waals surface area contributed by atoms with Crippen LogP contribution in [0.1, 0.15) is 34.2 Å². The van der Waals surface area contributed by atoms with Crippen LogP contribution in [0.25, 0.3) is 0 Å². The van der Waals surface area contributed by atoms with E-state index < -0.39 is 0 Å². The second-order valence-electron chi connectivity index (χ2n) is 7.97. The van der Waals surface area contributed by atoms with E-state index in [1.54, 1.807) is 35.5 Å². The second kappa shape index (κ2) is 8.85. The molecule has 4 rings (SSSR count). The van der Waals surface area contributed by atoms with E-state index >= 15 is 0 Å². The van der Waals surface area contributed by atoms with Gasteiger partial charge in [-0.15, -0.1) is 0 Å². The number of benzene rings is 2. The quantitative estimate of drug-likeness (QED) is 0.757. The molecule has 1 atom stereocenters. The molecule has 0 bridgehead atoms. The minimum Gasteiger partial charge on any atom is -0.493 e. The van der Waals surface area contributed by atoms with Gasteiger partial charge in [-0.2, -0.15) is 0 Å². The van der Waals surface area contributed by atoms with E-state index in [9.17, 15) is 5.11 Å². The molecule has 0 spiro atoms. The predicted octanol–water partition coefficient (Wildman–Crippen LogP) is 3.10. The predicted molar refractivity (Wildman–Crippen MR) is 117 cm³/mol. The fourth-order valence-corrected chi connectivity index (χ4v) is 5.08. The van der Waals surface area contributed by atoms with Crippen LogP contribution in [0.4, 0.5) is 0 Å². The molecule has 0 saturated carbocycles. The van der Waals surface area contributed by atoms with E-state index in [-0.39, 0.29) is 6.61 Å². The summed E-state index contributed by atoms with van der Waals surface area (Å²) in [7, 11) is 8.19. The van der Waals surface area contributed by atoms with Crippen LogP contribution in [0, 0.1) is 0 Å². The lowest BCUT2D eigenvalue weighted by atomic mass is 9.87. The van der Waals surface area contributed by atoms with Crippen molar-refractivity contribution in [1.29, 1.82) is 0 Å². The molecule has 0 radical (unpaired) electrons. The number of aliphatic hydroxyl groups excluding tert-OH is 1. The van der Waals surface area contributed by atoms with Crippen molar-refractivity contribution >= 4 is 0 Å². The molecule has 2 aromatic rings. The van der Waals surface area contributed by atoms with Crippen molar-refractivity contribution in [1.82, 2.24) is 4.90 Å². The summed E-state index contributed by atoms with van der Waals surface area (Å²) in [6, 6.07) is 4.55. The minimum absolute atomic E-state index is 0.104. The Morgan fingerprint density at radius 2 is 1.45 bits per heavy atom. The maximum atomic E-state index is 10.2. The van der Waals surface area contributed by atoms with E-state index in [0.29, 0.717) is 29.8 Å². The highest BCUT2D eigenvalue weighted by Gasteiger charge is 2.35. The van der Waals surface area contributed by atoms with Crippen molar-refractivity contribution in [3.05, 3.63) is 39.9 Å². The van der Waals surface area contributed by atoms with Crippen molar-refractivity contribution in [3.63, 3.8) is 0 Å². The zero-order chi connectivity index (χ0) is 22.1. The fraction of sp³-hybridized carbons (Fsp3) is 0.500. The third-order valence-corrected chi connectivity index (χ3v) is 6.60. The molecule has 0 saturated heterocycles. The van der Waals surface area contributed by atoms with Gasteiger partial charge in [-0.1, -0.05) is 0 Å². The molecular weight excluding hydrogens is 398 g/mol. The van der Waals surface area contributed by atoms with E-state index in [4.69, 9.17) is 23.7 Å². The van der Waals surface area contributed by atoms with E-state index in [0.717, 1.165) is 54.0 Å². The number of fused-ring (bicyclic) bond motifs is 3. The monoisotopic (exact) mass is 429 g/mol. The van der Waals surface area contributed by atoms with Crippen molar-refractivity contribution in [2.75, 3.05) is 35.5 Å². The largest absolute Gasteiger partial charge is 0.493 e. The molecule has 1 unspecified atom stereocenters. The maximum Gasteiger partial charge on any atom is 0.204 e. The van der Waals surface area contributed by atoms with Crippen LogP contribution in [0.5, 0.6) is 28.7 Å². The smallest absolute Gasteiger partial charge is 0.204 e. The fourth-order valence-electron chi connectivity index (χ4n) is 5.08. The summed E-state index contributed by atoms with van der Waals surface area (Å²) in [5, 5.41) is 10.2. The Morgan fingerprint density at radius 3 is 2.03 bits per heavy atom. The third kappa shape index (κ3) is 3.55. The Kier molecular flexibility index (Phi) is 6.16. The molecule has 31 heavy (non-hydrogen) atoms. The molecule has 168 valence electrons. The van der Waals surface area contributed by atoms with Gasteiger partial charge in [-0.05, 0) is 48.1 Å². The number of ether oxygens (including phenoxy) is 5. The Morgan fingerprint density at radius 1 is 0.806 bits per heavy atom. The standard InChI is InChI=1S/C24H31NO6/c1-27-20-8-14-6-7-16-10-17-18(12-25(16)11-15(14)9-21(20)28-2)22(29-3)24(31-5)23(30-4)19(17)13-26/h8-9,16,26H,6-7,10-13H2,1-5H3. The van der Waals surface area contributed by atoms with Crippen molar-refractivity contribution < 1.29 is 28.8 Å². The first kappa shape index (κ1) is 21.6. The molecule has 7 heteroatoms. The Hall–Kier alpha value is -2.64. The summed E-state index contributed by atoms with van der Waals surface area (Å²) in [6.45, 7) is 1.42. The highest BCUT2D eigenvalue weighted by Crippen LogP contribution is 2.49. The van der Waals surface area contributed by atoms with Gasteiger partial charge >= 0.3 is 0 Å². The van der Waals surface area contributed by atoms with E-state index in [1.807, 2.05) is 0 Å². The van der Waals surface area contributed by atoms with Gasteiger partial charge in [0.2, 0.25) is 5.75 Å². The molecule has 0 aliphatic carbocycles. The van der Waals surface area contributed by atoms with Gasteiger partial charge in [0.1, 0.15) is 0 Å². The lowest BCUT2D eigenvalue weighted by Crippen LogP contribution is -2.39. The minimum atomic E-state index is -0.104. The van der Waals surface area contributed by atoms with Crippen LogP contribution < -0.4 is 23.7 Å². The molecule has 0 amide bonds. The number of methoxy groups -OCH3 is 5. The first-order valence-corrected chi connectivity index (χ1v) is 10.5. The summed E-state index contributed by atoms with van der Waals surface area (Å²) in [6.07, 6.45) is 2.80. The summed E-state index contributed by atoms with van der Waals surface area (Å²) in [4.78, 5) is 2.48. The van der Waals surface area contributed by atoms with Gasteiger partial charge in [-0.25, -0.2) is 0 Å². The number of aryl methyl sites for hydroxylation is 1. The van der Waals surface area contributed by atoms with Crippen molar-refractivity contribution in [3.8, 4) is 28.7 Å². The Bertz CT molecular complexity index is 974. The first-order valence-electron chi connectivity index (χ1n) is 10.5. The van der Waals surface area contributed by atoms with Crippen LogP contribution in [0.2, 0.25) is 0 Å². The molecular formula is C24H31NO6. The van der Waals surface area contributed by atoms with Crippen molar-refractivity contribution in [2.45, 2.75) is 45.0 Å². The van der Waals surface area contributed by atoms with Gasteiger partial charge in [-0.3, -0.25) is 4.90 Å². The average molecular weight is 430 g/mol. The number of nitrogens with zero attached hydrogens (tertiary/aromatic N) is 1. The molecule has 7 nitrogen and oxygen atoms in total. The van der Waals surface area contributed by atoms with E-state index in [2.05, 4.69) is 17.0 Å². The van der Waals surface area contributed by atoms with Crippen LogP contribution >= 0.6 is 0 Å². The molecule has 2 heterocycles. The van der Waals surface area contributed by atoms with Gasteiger partial charge in [0.25, 0.3) is 0 Å². The molecule has 2 aliphatic rings. The Labute approximate surface area is 183 Å². The molecule has 1 N–H and O–H groups in total. The highest BCUT2D eigenvalue weighted by molar-refractivity contribution is 5.64. The molecule has 0 fully saturated rings. The summed E-state index contributed by atoms with van der Waals surface area (Å²) in [5.41, 5.74) is 5.51. The van der Waals surface area contributed by atoms with Crippen molar-refractivity contribution in [2.24, 2.45) is 0 Å². The van der Waals surface area contributed by atoms with Crippen LogP contribution in [0.15, 0.2) is 12.1 Å². The summed E-state index contributed by atoms with van der Waals surface area (Å²) in [5.74, 6) is 3.29. The number of aliphatic hydroxyl groups is 1. The van der Waals surface area contributed by atoms with E-state index in [1.165, 1.54) is 11.1 Å². The number of rotatable bonds is 6. The van der Waals surface area contributed by atoms with Gasteiger partial charge < -0.3 is 28.8 Å². The zero-order valence-corrected chi connectivity index (χ0v) is 18.9. The highest BCUT2D eigenvalue weighted by atomic mass is 16.5. The maximum absolute atomic E-state index is 10.2. The SMILES string of the molecule is COc1cc2c(cc1OC)CN1Cc3c(c(CO)c(OC)c(OC)c3OC)CC1CC2. The lowest BCUT2D eigenvalue weighted by molar-refractivity contribution is 0.154. The normalized spacial score (nSPS) is 17.7. The summed E-state index contributed by atoms with van der Waals surface area (Å²) >= 11 is 0. The van der Waals surface area contributed by atoms with Crippen LogP contribution in [-0.4, -0.2) is 51.6 Å². The van der Waals surface area contributed by atoms with Crippen LogP contribution in [0.3, 0.4) is 0 Å². The van der Waals surface area contributed by atoms with Gasteiger partial charge in [0.15, 0.2) is 23.0 Å². The van der Waals surface area contributed by atoms with Gasteiger partial charge in [0, 0.05) is 30.3 Å². The number of hydrogen-bond acceptors (Lipinski definition) is 7. The summed E-state index contributed by atoms with van der Waals surface area (Å²) < 4.78 is 28.1.